The Morgan fingerprint density at radius 2 is 1.58 bits per heavy atom. The van der Waals surface area contributed by atoms with Gasteiger partial charge < -0.3 is 24.6 Å². The minimum atomic E-state index is 0.751. The van der Waals surface area contributed by atoms with Gasteiger partial charge in [-0.25, -0.2) is 0 Å². The van der Waals surface area contributed by atoms with Gasteiger partial charge in [0.2, 0.25) is 10.3 Å². The Morgan fingerprint density at radius 1 is 0.833 bits per heavy atom. The molecule has 1 saturated heterocycles. The summed E-state index contributed by atoms with van der Waals surface area (Å²) in [5.41, 5.74) is 3.65. The second-order valence-corrected chi connectivity index (χ2v) is 9.60. The number of aromatic nitrogens is 3. The van der Waals surface area contributed by atoms with Gasteiger partial charge in [0.05, 0.1) is 14.2 Å². The normalized spacial score (nSPS) is 13.7. The van der Waals surface area contributed by atoms with Crippen molar-refractivity contribution < 1.29 is 9.47 Å². The van der Waals surface area contributed by atoms with Crippen molar-refractivity contribution in [2.75, 3.05) is 56.7 Å². The van der Waals surface area contributed by atoms with Gasteiger partial charge in [-0.2, -0.15) is 0 Å². The van der Waals surface area contributed by atoms with Gasteiger partial charge in [-0.1, -0.05) is 35.6 Å². The van der Waals surface area contributed by atoms with Gasteiger partial charge in [0.15, 0.2) is 11.5 Å². The molecule has 0 unspecified atom stereocenters. The van der Waals surface area contributed by atoms with Gasteiger partial charge in [0, 0.05) is 50.3 Å². The lowest BCUT2D eigenvalue weighted by Crippen LogP contribution is -2.46. The largest absolute Gasteiger partial charge is 0.493 e. The number of para-hydroxylation sites is 1. The van der Waals surface area contributed by atoms with Crippen molar-refractivity contribution in [3.63, 3.8) is 0 Å². The van der Waals surface area contributed by atoms with Crippen LogP contribution < -0.4 is 24.6 Å². The van der Waals surface area contributed by atoms with Crippen molar-refractivity contribution in [2.24, 2.45) is 0 Å². The lowest BCUT2D eigenvalue weighted by atomic mass is 10.1. The summed E-state index contributed by atoms with van der Waals surface area (Å²) >= 11 is 1.65. The molecule has 0 amide bonds. The van der Waals surface area contributed by atoms with E-state index in [1.54, 1.807) is 25.6 Å². The number of nitrogens with zero attached hydrogens (tertiary/aromatic N) is 5. The number of anilines is 2. The minimum Gasteiger partial charge on any atom is -0.493 e. The summed E-state index contributed by atoms with van der Waals surface area (Å²) in [6, 6.07) is 20.9. The number of nitrogens with one attached hydrogen (secondary N) is 1. The number of hydrogen-bond donors (Lipinski definition) is 1. The van der Waals surface area contributed by atoms with E-state index in [2.05, 4.69) is 84.6 Å². The Labute approximate surface area is 216 Å². The van der Waals surface area contributed by atoms with E-state index in [0.717, 1.165) is 67.5 Å². The molecule has 188 valence electrons. The SMILES string of the molecule is COc1ccc(CCNCc2cccn2-c2nnc(N3CCN(c4ccccc4)CC3)s2)cc1OC. The van der Waals surface area contributed by atoms with Gasteiger partial charge in [-0.15, -0.1) is 10.2 Å². The van der Waals surface area contributed by atoms with Gasteiger partial charge in [-0.05, 0) is 54.9 Å². The molecule has 1 aliphatic rings. The molecule has 5 rings (SSSR count). The Balaban J connectivity index is 1.14. The zero-order chi connectivity index (χ0) is 24.7. The number of rotatable bonds is 10. The number of benzene rings is 2. The molecule has 2 aromatic carbocycles. The van der Waals surface area contributed by atoms with Crippen molar-refractivity contribution >= 4 is 22.2 Å². The second-order valence-electron chi connectivity index (χ2n) is 8.66. The second kappa shape index (κ2) is 11.5. The van der Waals surface area contributed by atoms with E-state index < -0.39 is 0 Å². The molecular weight excluding hydrogens is 472 g/mol. The van der Waals surface area contributed by atoms with E-state index in [1.807, 2.05) is 12.1 Å². The van der Waals surface area contributed by atoms with Gasteiger partial charge in [-0.3, -0.25) is 4.57 Å². The Hall–Kier alpha value is -3.56. The summed E-state index contributed by atoms with van der Waals surface area (Å²) in [6.07, 6.45) is 2.96. The fraction of sp³-hybridized carbons (Fsp3) is 0.333. The summed E-state index contributed by atoms with van der Waals surface area (Å²) in [4.78, 5) is 4.77. The first-order chi connectivity index (χ1) is 17.7. The lowest BCUT2D eigenvalue weighted by molar-refractivity contribution is 0.354. The van der Waals surface area contributed by atoms with E-state index in [1.165, 1.54) is 16.9 Å². The number of hydrogen-bond acceptors (Lipinski definition) is 8. The van der Waals surface area contributed by atoms with Gasteiger partial charge >= 0.3 is 0 Å². The highest BCUT2D eigenvalue weighted by atomic mass is 32.1. The third-order valence-corrected chi connectivity index (χ3v) is 7.44. The van der Waals surface area contributed by atoms with Crippen LogP contribution in [0, 0.1) is 0 Å². The molecule has 0 radical (unpaired) electrons. The van der Waals surface area contributed by atoms with Crippen molar-refractivity contribution in [3.8, 4) is 16.6 Å². The highest BCUT2D eigenvalue weighted by Gasteiger charge is 2.21. The molecule has 8 nitrogen and oxygen atoms in total. The smallest absolute Gasteiger partial charge is 0.218 e. The quantitative estimate of drug-likeness (QED) is 0.328. The van der Waals surface area contributed by atoms with Crippen LogP contribution >= 0.6 is 11.3 Å². The number of methoxy groups -OCH3 is 2. The van der Waals surface area contributed by atoms with Gasteiger partial charge in [0.25, 0.3) is 0 Å². The minimum absolute atomic E-state index is 0.751. The maximum atomic E-state index is 5.41. The molecule has 1 fully saturated rings. The van der Waals surface area contributed by atoms with Crippen LogP contribution in [-0.2, 0) is 13.0 Å². The van der Waals surface area contributed by atoms with Crippen LogP contribution in [-0.4, -0.2) is 61.7 Å². The summed E-state index contributed by atoms with van der Waals surface area (Å²) in [5, 5.41) is 14.5. The van der Waals surface area contributed by atoms with Crippen LogP contribution in [0.2, 0.25) is 0 Å². The molecule has 3 heterocycles. The average Bonchev–Trinajstić information content (AvgIpc) is 3.61. The highest BCUT2D eigenvalue weighted by Crippen LogP contribution is 2.28. The van der Waals surface area contributed by atoms with Crippen LogP contribution in [0.25, 0.3) is 5.13 Å². The van der Waals surface area contributed by atoms with Crippen molar-refractivity contribution in [3.05, 3.63) is 78.1 Å². The third-order valence-electron chi connectivity index (χ3n) is 6.46. The van der Waals surface area contributed by atoms with Crippen LogP contribution in [0.3, 0.4) is 0 Å². The lowest BCUT2D eigenvalue weighted by Gasteiger charge is -2.35. The zero-order valence-electron chi connectivity index (χ0n) is 20.8. The average molecular weight is 505 g/mol. The molecule has 1 N–H and O–H groups in total. The van der Waals surface area contributed by atoms with Crippen LogP contribution in [0.1, 0.15) is 11.3 Å². The monoisotopic (exact) mass is 504 g/mol. The van der Waals surface area contributed by atoms with E-state index in [4.69, 9.17) is 9.47 Å². The van der Waals surface area contributed by atoms with E-state index in [-0.39, 0.29) is 0 Å². The molecule has 2 aromatic heterocycles. The molecule has 9 heteroatoms. The third kappa shape index (κ3) is 5.47. The summed E-state index contributed by atoms with van der Waals surface area (Å²) < 4.78 is 12.9. The number of piperazine rings is 1. The maximum absolute atomic E-state index is 5.41. The highest BCUT2D eigenvalue weighted by molar-refractivity contribution is 7.17. The van der Waals surface area contributed by atoms with Crippen LogP contribution in [0.15, 0.2) is 66.9 Å². The first-order valence-corrected chi connectivity index (χ1v) is 13.0. The predicted molar refractivity (Wildman–Crippen MR) is 145 cm³/mol. The fourth-order valence-electron chi connectivity index (χ4n) is 4.46. The zero-order valence-corrected chi connectivity index (χ0v) is 21.6. The Kier molecular flexibility index (Phi) is 7.68. The summed E-state index contributed by atoms with van der Waals surface area (Å²) in [5.74, 6) is 1.51. The number of ether oxygens (including phenoxy) is 2. The first-order valence-electron chi connectivity index (χ1n) is 12.2. The molecular formula is C27H32N6O2S. The fourth-order valence-corrected chi connectivity index (χ4v) is 5.37. The molecule has 0 spiro atoms. The molecule has 36 heavy (non-hydrogen) atoms. The standard InChI is InChI=1S/C27H32N6O2S/c1-34-24-11-10-21(19-25(24)35-2)12-13-28-20-23-9-6-14-33(23)27-30-29-26(36-27)32-17-15-31(16-18-32)22-7-4-3-5-8-22/h3-11,14,19,28H,12-13,15-18,20H2,1-2H3. The van der Waals surface area contributed by atoms with Crippen LogP contribution in [0.4, 0.5) is 10.8 Å². The molecule has 4 aromatic rings. The summed E-state index contributed by atoms with van der Waals surface area (Å²) in [7, 11) is 3.32. The van der Waals surface area contributed by atoms with Crippen LogP contribution in [0.5, 0.6) is 11.5 Å². The van der Waals surface area contributed by atoms with E-state index >= 15 is 0 Å². The maximum Gasteiger partial charge on any atom is 0.218 e. The molecule has 0 aliphatic carbocycles. The Bertz CT molecular complexity index is 1250. The van der Waals surface area contributed by atoms with Crippen molar-refractivity contribution in [1.29, 1.82) is 0 Å². The Morgan fingerprint density at radius 3 is 2.36 bits per heavy atom. The predicted octanol–water partition coefficient (Wildman–Crippen LogP) is 4.00. The first kappa shape index (κ1) is 24.1. The van der Waals surface area contributed by atoms with E-state index in [9.17, 15) is 0 Å². The van der Waals surface area contributed by atoms with Crippen molar-refractivity contribution in [1.82, 2.24) is 20.1 Å². The molecule has 0 atom stereocenters. The summed E-state index contributed by atoms with van der Waals surface area (Å²) in [6.45, 7) is 5.47. The van der Waals surface area contributed by atoms with E-state index in [0.29, 0.717) is 0 Å². The molecule has 0 saturated carbocycles. The molecule has 1 aliphatic heterocycles. The van der Waals surface area contributed by atoms with Gasteiger partial charge in [0.1, 0.15) is 0 Å². The topological polar surface area (TPSA) is 67.7 Å². The van der Waals surface area contributed by atoms with Crippen molar-refractivity contribution in [2.45, 2.75) is 13.0 Å². The molecule has 0 bridgehead atoms.